The fourth-order valence-electron chi connectivity index (χ4n) is 1.54. The van der Waals surface area contributed by atoms with Gasteiger partial charge < -0.3 is 4.90 Å². The van der Waals surface area contributed by atoms with Crippen LogP contribution in [0.25, 0.3) is 0 Å². The standard InChI is InChI=1S/C9H13NS/c1-8-4-2-3-5-10-6-7-11-9(8)10/h3,5H,2,4,6-7H2,1H3. The molecule has 2 rings (SSSR count). The van der Waals surface area contributed by atoms with Crippen LogP contribution in [0.5, 0.6) is 0 Å². The first-order chi connectivity index (χ1) is 5.38. The van der Waals surface area contributed by atoms with Gasteiger partial charge in [-0.2, -0.15) is 0 Å². The number of hydrogen-bond acceptors (Lipinski definition) is 2. The van der Waals surface area contributed by atoms with Gasteiger partial charge in [0.2, 0.25) is 0 Å². The Labute approximate surface area is 72.2 Å². The lowest BCUT2D eigenvalue weighted by molar-refractivity contribution is 0.543. The average molecular weight is 167 g/mol. The lowest BCUT2D eigenvalue weighted by Gasteiger charge is -2.13. The van der Waals surface area contributed by atoms with Crippen molar-refractivity contribution in [1.29, 1.82) is 0 Å². The fraction of sp³-hybridized carbons (Fsp3) is 0.556. The summed E-state index contributed by atoms with van der Waals surface area (Å²) in [5, 5.41) is 1.51. The molecular formula is C9H13NS. The van der Waals surface area contributed by atoms with E-state index in [1.54, 1.807) is 5.57 Å². The summed E-state index contributed by atoms with van der Waals surface area (Å²) in [6.45, 7) is 3.46. The van der Waals surface area contributed by atoms with Gasteiger partial charge in [0.05, 0.1) is 5.03 Å². The molecule has 0 saturated carbocycles. The molecule has 0 N–H and O–H groups in total. The molecule has 0 aromatic rings. The zero-order valence-electron chi connectivity index (χ0n) is 6.84. The molecular weight excluding hydrogens is 154 g/mol. The second-order valence-corrected chi connectivity index (χ2v) is 4.13. The Kier molecular flexibility index (Phi) is 1.95. The molecule has 0 amide bonds. The third-order valence-electron chi connectivity index (χ3n) is 2.17. The number of thioether (sulfide) groups is 1. The number of hydrogen-bond donors (Lipinski definition) is 0. The van der Waals surface area contributed by atoms with Crippen LogP contribution < -0.4 is 0 Å². The summed E-state index contributed by atoms with van der Waals surface area (Å²) in [5.41, 5.74) is 1.57. The van der Waals surface area contributed by atoms with Gasteiger partial charge in [-0.1, -0.05) is 6.08 Å². The first-order valence-corrected chi connectivity index (χ1v) is 5.12. The van der Waals surface area contributed by atoms with Gasteiger partial charge in [0, 0.05) is 18.5 Å². The first-order valence-electron chi connectivity index (χ1n) is 4.14. The van der Waals surface area contributed by atoms with Crippen molar-refractivity contribution in [2.24, 2.45) is 0 Å². The van der Waals surface area contributed by atoms with Gasteiger partial charge in [0.25, 0.3) is 0 Å². The van der Waals surface area contributed by atoms with Gasteiger partial charge in [-0.05, 0) is 25.3 Å². The summed E-state index contributed by atoms with van der Waals surface area (Å²) in [6, 6.07) is 0. The van der Waals surface area contributed by atoms with Crippen molar-refractivity contribution < 1.29 is 0 Å². The summed E-state index contributed by atoms with van der Waals surface area (Å²) >= 11 is 2.00. The van der Waals surface area contributed by atoms with Crippen LogP contribution >= 0.6 is 11.8 Å². The Morgan fingerprint density at radius 3 is 3.36 bits per heavy atom. The number of nitrogens with zero attached hydrogens (tertiary/aromatic N) is 1. The van der Waals surface area contributed by atoms with Crippen LogP contribution in [0, 0.1) is 0 Å². The van der Waals surface area contributed by atoms with E-state index in [0.717, 1.165) is 0 Å². The van der Waals surface area contributed by atoms with Crippen molar-refractivity contribution in [3.63, 3.8) is 0 Å². The lowest BCUT2D eigenvalue weighted by Crippen LogP contribution is -2.09. The van der Waals surface area contributed by atoms with Crippen LogP contribution in [0.15, 0.2) is 22.9 Å². The minimum Gasteiger partial charge on any atom is -0.342 e. The maximum absolute atomic E-state index is 2.38. The number of fused-ring (bicyclic) bond motifs is 1. The van der Waals surface area contributed by atoms with Crippen molar-refractivity contribution in [1.82, 2.24) is 4.90 Å². The molecule has 2 heterocycles. The zero-order chi connectivity index (χ0) is 7.68. The second-order valence-electron chi connectivity index (χ2n) is 3.05. The largest absolute Gasteiger partial charge is 0.342 e. The van der Waals surface area contributed by atoms with E-state index in [4.69, 9.17) is 0 Å². The van der Waals surface area contributed by atoms with Gasteiger partial charge in [0.1, 0.15) is 0 Å². The molecule has 0 atom stereocenters. The molecule has 0 aliphatic carbocycles. The topological polar surface area (TPSA) is 3.24 Å². The summed E-state index contributed by atoms with van der Waals surface area (Å²) in [7, 11) is 0. The summed E-state index contributed by atoms with van der Waals surface area (Å²) in [6.07, 6.45) is 6.98. The van der Waals surface area contributed by atoms with E-state index in [0.29, 0.717) is 0 Å². The maximum atomic E-state index is 2.38. The predicted octanol–water partition coefficient (Wildman–Crippen LogP) is 2.57. The quantitative estimate of drug-likeness (QED) is 0.545. The highest BCUT2D eigenvalue weighted by atomic mass is 32.2. The molecule has 2 aliphatic heterocycles. The Morgan fingerprint density at radius 1 is 1.55 bits per heavy atom. The molecule has 0 bridgehead atoms. The van der Waals surface area contributed by atoms with Crippen molar-refractivity contribution in [3.05, 3.63) is 22.9 Å². The van der Waals surface area contributed by atoms with Crippen LogP contribution in [0.2, 0.25) is 0 Å². The van der Waals surface area contributed by atoms with Crippen LogP contribution in [0.1, 0.15) is 19.8 Å². The summed E-state index contributed by atoms with van der Waals surface area (Å²) in [5.74, 6) is 1.26. The van der Waals surface area contributed by atoms with Crippen LogP contribution in [0.4, 0.5) is 0 Å². The molecule has 2 aliphatic rings. The van der Waals surface area contributed by atoms with Gasteiger partial charge >= 0.3 is 0 Å². The molecule has 1 nitrogen and oxygen atoms in total. The van der Waals surface area contributed by atoms with Crippen molar-refractivity contribution in [3.8, 4) is 0 Å². The Balaban J connectivity index is 2.30. The number of allylic oxidation sites excluding steroid dienone is 2. The zero-order valence-corrected chi connectivity index (χ0v) is 7.66. The molecule has 0 aromatic heterocycles. The van der Waals surface area contributed by atoms with E-state index >= 15 is 0 Å². The molecule has 11 heavy (non-hydrogen) atoms. The normalized spacial score (nSPS) is 23.9. The third-order valence-corrected chi connectivity index (χ3v) is 3.41. The average Bonchev–Trinajstić information content (AvgIpc) is 2.40. The van der Waals surface area contributed by atoms with E-state index in [-0.39, 0.29) is 0 Å². The Bertz CT molecular complexity index is 218. The Morgan fingerprint density at radius 2 is 2.45 bits per heavy atom. The van der Waals surface area contributed by atoms with Gasteiger partial charge in [0.15, 0.2) is 0 Å². The maximum Gasteiger partial charge on any atom is 0.0737 e. The molecule has 0 radical (unpaired) electrons. The van der Waals surface area contributed by atoms with Crippen molar-refractivity contribution >= 4 is 11.8 Å². The molecule has 1 fully saturated rings. The summed E-state index contributed by atoms with van der Waals surface area (Å²) in [4.78, 5) is 2.38. The van der Waals surface area contributed by atoms with E-state index in [1.165, 1.54) is 30.2 Å². The van der Waals surface area contributed by atoms with E-state index in [9.17, 15) is 0 Å². The molecule has 60 valence electrons. The van der Waals surface area contributed by atoms with Gasteiger partial charge in [-0.15, -0.1) is 11.8 Å². The lowest BCUT2D eigenvalue weighted by atomic mass is 10.2. The summed E-state index contributed by atoms with van der Waals surface area (Å²) < 4.78 is 0. The highest BCUT2D eigenvalue weighted by molar-refractivity contribution is 8.03. The molecule has 0 aromatic carbocycles. The SMILES string of the molecule is CC1=C2SCCN2C=CCC1. The minimum atomic E-state index is 1.20. The first kappa shape index (κ1) is 7.29. The van der Waals surface area contributed by atoms with Crippen LogP contribution in [-0.4, -0.2) is 17.2 Å². The molecule has 2 heteroatoms. The molecule has 0 unspecified atom stereocenters. The van der Waals surface area contributed by atoms with Crippen LogP contribution in [-0.2, 0) is 0 Å². The van der Waals surface area contributed by atoms with E-state index in [2.05, 4.69) is 24.1 Å². The second kappa shape index (κ2) is 2.94. The van der Waals surface area contributed by atoms with Crippen LogP contribution in [0.3, 0.4) is 0 Å². The van der Waals surface area contributed by atoms with Crippen molar-refractivity contribution in [2.45, 2.75) is 19.8 Å². The Hall–Kier alpha value is -0.370. The van der Waals surface area contributed by atoms with Crippen molar-refractivity contribution in [2.75, 3.05) is 12.3 Å². The number of rotatable bonds is 0. The highest BCUT2D eigenvalue weighted by Crippen LogP contribution is 2.33. The molecule has 0 spiro atoms. The van der Waals surface area contributed by atoms with Gasteiger partial charge in [-0.3, -0.25) is 0 Å². The fourth-order valence-corrected chi connectivity index (χ4v) is 2.69. The van der Waals surface area contributed by atoms with E-state index in [1.807, 2.05) is 11.8 Å². The predicted molar refractivity (Wildman–Crippen MR) is 50.2 cm³/mol. The molecule has 1 saturated heterocycles. The highest BCUT2D eigenvalue weighted by Gasteiger charge is 2.18. The minimum absolute atomic E-state index is 1.20. The third kappa shape index (κ3) is 1.32. The van der Waals surface area contributed by atoms with Gasteiger partial charge in [-0.25, -0.2) is 0 Å². The van der Waals surface area contributed by atoms with E-state index < -0.39 is 0 Å². The monoisotopic (exact) mass is 167 g/mol. The smallest absolute Gasteiger partial charge is 0.0737 e.